The lowest BCUT2D eigenvalue weighted by atomic mass is 10.1. The molecular formula is C17H26N4O. The van der Waals surface area contributed by atoms with E-state index in [0.717, 1.165) is 43.9 Å². The molecule has 3 rings (SSSR count). The topological polar surface area (TPSA) is 39.7 Å². The highest BCUT2D eigenvalue weighted by molar-refractivity contribution is 5.77. The molecule has 5 heteroatoms. The zero-order chi connectivity index (χ0) is 15.7. The van der Waals surface area contributed by atoms with Gasteiger partial charge in [-0.1, -0.05) is 6.07 Å². The minimum absolute atomic E-state index is 0.208. The van der Waals surface area contributed by atoms with Gasteiger partial charge < -0.3 is 4.90 Å². The van der Waals surface area contributed by atoms with Crippen molar-refractivity contribution in [2.75, 3.05) is 33.7 Å². The second-order valence-electron chi connectivity index (χ2n) is 6.71. The third-order valence-corrected chi connectivity index (χ3v) is 4.95. The molecule has 0 radical (unpaired) electrons. The van der Waals surface area contributed by atoms with Gasteiger partial charge in [0, 0.05) is 51.5 Å². The van der Waals surface area contributed by atoms with E-state index in [1.165, 1.54) is 0 Å². The first-order valence-electron chi connectivity index (χ1n) is 8.15. The van der Waals surface area contributed by atoms with Crippen molar-refractivity contribution < 1.29 is 4.79 Å². The summed E-state index contributed by atoms with van der Waals surface area (Å²) in [6.07, 6.45) is 2.33. The Morgan fingerprint density at radius 1 is 1.23 bits per heavy atom. The fraction of sp³-hybridized carbons (Fsp3) is 0.647. The van der Waals surface area contributed by atoms with Crippen LogP contribution in [0.2, 0.25) is 0 Å². The van der Waals surface area contributed by atoms with Crippen LogP contribution in [0.5, 0.6) is 0 Å². The Morgan fingerprint density at radius 2 is 1.91 bits per heavy atom. The van der Waals surface area contributed by atoms with E-state index in [4.69, 9.17) is 0 Å². The van der Waals surface area contributed by atoms with Crippen LogP contribution in [0.1, 0.15) is 24.2 Å². The summed E-state index contributed by atoms with van der Waals surface area (Å²) in [6.45, 7) is 5.67. The summed E-state index contributed by atoms with van der Waals surface area (Å²) in [6, 6.07) is 7.36. The van der Waals surface area contributed by atoms with E-state index < -0.39 is 0 Å². The molecule has 2 atom stereocenters. The molecular weight excluding hydrogens is 276 g/mol. The van der Waals surface area contributed by atoms with Crippen LogP contribution in [0.3, 0.4) is 0 Å². The Kier molecular flexibility index (Phi) is 4.45. The highest BCUT2D eigenvalue weighted by Gasteiger charge is 2.42. The summed E-state index contributed by atoms with van der Waals surface area (Å²) < 4.78 is 0. The number of hydrogen-bond donors (Lipinski definition) is 0. The van der Waals surface area contributed by atoms with Gasteiger partial charge in [-0.25, -0.2) is 0 Å². The normalized spacial score (nSPS) is 25.4. The van der Waals surface area contributed by atoms with Crippen molar-refractivity contribution >= 4 is 5.91 Å². The molecule has 0 bridgehead atoms. The minimum Gasteiger partial charge on any atom is -0.348 e. The van der Waals surface area contributed by atoms with Gasteiger partial charge in [0.1, 0.15) is 0 Å². The highest BCUT2D eigenvalue weighted by Crippen LogP contribution is 2.32. The van der Waals surface area contributed by atoms with Crippen molar-refractivity contribution in [3.8, 4) is 0 Å². The van der Waals surface area contributed by atoms with Crippen LogP contribution in [0, 0.1) is 6.92 Å². The molecule has 0 N–H and O–H groups in total. The summed E-state index contributed by atoms with van der Waals surface area (Å²) in [5, 5.41) is 0. The van der Waals surface area contributed by atoms with Gasteiger partial charge in [-0.05, 0) is 31.9 Å². The molecule has 2 aliphatic rings. The van der Waals surface area contributed by atoms with Crippen LogP contribution in [0.25, 0.3) is 0 Å². The second kappa shape index (κ2) is 6.34. The van der Waals surface area contributed by atoms with E-state index in [1.807, 2.05) is 27.1 Å². The van der Waals surface area contributed by atoms with Crippen molar-refractivity contribution in [2.24, 2.45) is 0 Å². The maximum absolute atomic E-state index is 12.0. The molecule has 2 fully saturated rings. The molecule has 120 valence electrons. The Bertz CT molecular complexity index is 545. The predicted octanol–water partition coefficient (Wildman–Crippen LogP) is 1.13. The van der Waals surface area contributed by atoms with Gasteiger partial charge in [-0.2, -0.15) is 0 Å². The lowest BCUT2D eigenvalue weighted by Crippen LogP contribution is -2.41. The van der Waals surface area contributed by atoms with E-state index >= 15 is 0 Å². The molecule has 0 saturated carbocycles. The second-order valence-corrected chi connectivity index (χ2v) is 6.71. The number of fused-ring (bicyclic) bond motifs is 1. The van der Waals surface area contributed by atoms with Gasteiger partial charge in [-0.3, -0.25) is 19.6 Å². The van der Waals surface area contributed by atoms with Crippen molar-refractivity contribution in [3.63, 3.8) is 0 Å². The highest BCUT2D eigenvalue weighted by atomic mass is 16.2. The molecule has 22 heavy (non-hydrogen) atoms. The van der Waals surface area contributed by atoms with Gasteiger partial charge in [-0.15, -0.1) is 0 Å². The molecule has 2 aliphatic heterocycles. The van der Waals surface area contributed by atoms with Crippen molar-refractivity contribution in [3.05, 3.63) is 29.6 Å². The lowest BCUT2D eigenvalue weighted by Gasteiger charge is -2.26. The van der Waals surface area contributed by atoms with Crippen LogP contribution in [-0.2, 0) is 11.3 Å². The number of aromatic nitrogens is 1. The summed E-state index contributed by atoms with van der Waals surface area (Å²) in [5.41, 5.74) is 2.24. The predicted molar refractivity (Wildman–Crippen MR) is 86.5 cm³/mol. The summed E-state index contributed by atoms with van der Waals surface area (Å²) >= 11 is 0. The zero-order valence-corrected chi connectivity index (χ0v) is 13.8. The van der Waals surface area contributed by atoms with E-state index in [2.05, 4.69) is 26.9 Å². The Balaban J connectivity index is 1.61. The molecule has 0 aromatic carbocycles. The molecule has 0 spiro atoms. The molecule has 5 nitrogen and oxygen atoms in total. The molecule has 0 unspecified atom stereocenters. The van der Waals surface area contributed by atoms with Crippen molar-refractivity contribution in [1.82, 2.24) is 19.7 Å². The lowest BCUT2D eigenvalue weighted by molar-refractivity contribution is -0.130. The fourth-order valence-electron chi connectivity index (χ4n) is 3.77. The number of hydrogen-bond acceptors (Lipinski definition) is 4. The number of amides is 1. The van der Waals surface area contributed by atoms with Crippen molar-refractivity contribution in [2.45, 2.75) is 38.4 Å². The molecule has 0 aliphatic carbocycles. The third kappa shape index (κ3) is 3.15. The summed E-state index contributed by atoms with van der Waals surface area (Å²) in [7, 11) is 3.67. The van der Waals surface area contributed by atoms with Crippen LogP contribution >= 0.6 is 0 Å². The molecule has 1 amide bonds. The monoisotopic (exact) mass is 302 g/mol. The van der Waals surface area contributed by atoms with E-state index in [0.29, 0.717) is 18.6 Å². The van der Waals surface area contributed by atoms with Gasteiger partial charge in [0.15, 0.2) is 0 Å². The van der Waals surface area contributed by atoms with E-state index in [1.54, 1.807) is 4.90 Å². The molecule has 1 aromatic heterocycles. The van der Waals surface area contributed by atoms with Crippen LogP contribution in [-0.4, -0.2) is 71.4 Å². The average Bonchev–Trinajstić information content (AvgIpc) is 3.03. The smallest absolute Gasteiger partial charge is 0.236 e. The summed E-state index contributed by atoms with van der Waals surface area (Å²) in [4.78, 5) is 23.2. The first kappa shape index (κ1) is 15.4. The number of aryl methyl sites for hydroxylation is 1. The standard InChI is InChI=1S/C17H26N4O/c1-13-5-4-6-14(18-13)11-20-9-7-16-15(20)8-10-21(16)12-17(22)19(2)3/h4-6,15-16H,7-12H2,1-3H3/t15-,16+/m1/s1. The average molecular weight is 302 g/mol. The SMILES string of the molecule is Cc1cccc(CN2CC[C@H]3[C@H]2CCN3CC(=O)N(C)C)n1. The van der Waals surface area contributed by atoms with E-state index in [9.17, 15) is 4.79 Å². The Morgan fingerprint density at radius 3 is 2.59 bits per heavy atom. The zero-order valence-electron chi connectivity index (χ0n) is 13.8. The molecule has 3 heterocycles. The van der Waals surface area contributed by atoms with Crippen molar-refractivity contribution in [1.29, 1.82) is 0 Å². The number of carbonyl (C=O) groups excluding carboxylic acids is 1. The fourth-order valence-corrected chi connectivity index (χ4v) is 3.77. The maximum Gasteiger partial charge on any atom is 0.236 e. The summed E-state index contributed by atoms with van der Waals surface area (Å²) in [5.74, 6) is 0.208. The largest absolute Gasteiger partial charge is 0.348 e. The van der Waals surface area contributed by atoms with Gasteiger partial charge in [0.25, 0.3) is 0 Å². The molecule has 1 aromatic rings. The van der Waals surface area contributed by atoms with Crippen LogP contribution < -0.4 is 0 Å². The first-order valence-corrected chi connectivity index (χ1v) is 8.15. The quantitative estimate of drug-likeness (QED) is 0.836. The number of likely N-dealkylation sites (N-methyl/N-ethyl adjacent to an activating group) is 1. The van der Waals surface area contributed by atoms with Crippen LogP contribution in [0.4, 0.5) is 0 Å². The number of pyridine rings is 1. The van der Waals surface area contributed by atoms with Crippen LogP contribution in [0.15, 0.2) is 18.2 Å². The molecule has 2 saturated heterocycles. The first-order chi connectivity index (χ1) is 10.5. The maximum atomic E-state index is 12.0. The van der Waals surface area contributed by atoms with Gasteiger partial charge in [0.05, 0.1) is 12.2 Å². The number of likely N-dealkylation sites (tertiary alicyclic amines) is 2. The van der Waals surface area contributed by atoms with E-state index in [-0.39, 0.29) is 5.91 Å². The Labute approximate surface area is 132 Å². The third-order valence-electron chi connectivity index (χ3n) is 4.95. The number of rotatable bonds is 4. The number of nitrogens with zero attached hydrogens (tertiary/aromatic N) is 4. The van der Waals surface area contributed by atoms with Gasteiger partial charge >= 0.3 is 0 Å². The van der Waals surface area contributed by atoms with Gasteiger partial charge in [0.2, 0.25) is 5.91 Å². The minimum atomic E-state index is 0.208. The Hall–Kier alpha value is -1.46. The number of carbonyl (C=O) groups is 1.